The summed E-state index contributed by atoms with van der Waals surface area (Å²) in [5.74, 6) is 0.775. The molecular weight excluding hydrogens is 218 g/mol. The Morgan fingerprint density at radius 2 is 1.72 bits per heavy atom. The summed E-state index contributed by atoms with van der Waals surface area (Å²) in [4.78, 5) is 0. The molecule has 0 bridgehead atoms. The molecule has 1 aromatic rings. The highest BCUT2D eigenvalue weighted by Crippen LogP contribution is 2.33. The summed E-state index contributed by atoms with van der Waals surface area (Å²) in [5.41, 5.74) is 2.51. The van der Waals surface area contributed by atoms with Crippen LogP contribution in [0.5, 0.6) is 0 Å². The molecule has 0 amide bonds. The summed E-state index contributed by atoms with van der Waals surface area (Å²) in [6.45, 7) is 4.00. The minimum Gasteiger partial charge on any atom is -0.198 e. The molecule has 0 aromatic heterocycles. The van der Waals surface area contributed by atoms with E-state index in [0.29, 0.717) is 0 Å². The maximum Gasteiger partial charge on any atom is 0.0687 e. The van der Waals surface area contributed by atoms with Gasteiger partial charge in [0.25, 0.3) is 0 Å². The van der Waals surface area contributed by atoms with E-state index in [1.165, 1.54) is 43.2 Å². The molecule has 1 aliphatic rings. The predicted octanol–water partition coefficient (Wildman–Crippen LogP) is 4.83. The van der Waals surface area contributed by atoms with Crippen LogP contribution < -0.4 is 0 Å². The quantitative estimate of drug-likeness (QED) is 0.743. The molecule has 2 rings (SSSR count). The summed E-state index contributed by atoms with van der Waals surface area (Å²) in [6, 6.07) is 11.3. The van der Waals surface area contributed by atoms with Gasteiger partial charge >= 0.3 is 0 Å². The standard InChI is InChI=1S/C17H23N/c1-17(2,13-18)12-14-8-10-16(11-9-14)15-6-4-3-5-7-15/h8-11,15H,3-7,12H2,1-2H3. The maximum absolute atomic E-state index is 9.06. The van der Waals surface area contributed by atoms with Gasteiger partial charge in [0.15, 0.2) is 0 Å². The normalized spacial score (nSPS) is 17.4. The third kappa shape index (κ3) is 3.35. The van der Waals surface area contributed by atoms with Gasteiger partial charge < -0.3 is 0 Å². The van der Waals surface area contributed by atoms with Crippen LogP contribution in [0.15, 0.2) is 24.3 Å². The highest BCUT2D eigenvalue weighted by atomic mass is 14.3. The Kier molecular flexibility index (Phi) is 4.07. The molecule has 0 atom stereocenters. The summed E-state index contributed by atoms with van der Waals surface area (Å²) in [6.07, 6.45) is 7.72. The lowest BCUT2D eigenvalue weighted by Crippen LogP contribution is -2.12. The van der Waals surface area contributed by atoms with Gasteiger partial charge in [0.1, 0.15) is 0 Å². The second-order valence-electron chi connectivity index (χ2n) is 6.25. The largest absolute Gasteiger partial charge is 0.198 e. The van der Waals surface area contributed by atoms with Crippen LogP contribution in [0.1, 0.15) is 63.0 Å². The number of benzene rings is 1. The van der Waals surface area contributed by atoms with E-state index in [9.17, 15) is 0 Å². The van der Waals surface area contributed by atoms with Crippen molar-refractivity contribution in [2.45, 2.75) is 58.3 Å². The number of hydrogen-bond acceptors (Lipinski definition) is 1. The number of rotatable bonds is 3. The van der Waals surface area contributed by atoms with Crippen LogP contribution in [0.25, 0.3) is 0 Å². The molecule has 1 heteroatoms. The molecule has 18 heavy (non-hydrogen) atoms. The van der Waals surface area contributed by atoms with Crippen molar-refractivity contribution in [1.29, 1.82) is 5.26 Å². The summed E-state index contributed by atoms with van der Waals surface area (Å²) in [5, 5.41) is 9.06. The van der Waals surface area contributed by atoms with Crippen LogP contribution in [-0.2, 0) is 6.42 Å². The van der Waals surface area contributed by atoms with Crippen LogP contribution in [0.4, 0.5) is 0 Å². The van der Waals surface area contributed by atoms with Crippen LogP contribution >= 0.6 is 0 Å². The van der Waals surface area contributed by atoms with Crippen LogP contribution in [0.2, 0.25) is 0 Å². The third-order valence-electron chi connectivity index (χ3n) is 4.01. The first kappa shape index (κ1) is 13.1. The van der Waals surface area contributed by atoms with Gasteiger partial charge in [-0.05, 0) is 50.2 Å². The van der Waals surface area contributed by atoms with Crippen molar-refractivity contribution >= 4 is 0 Å². The Hall–Kier alpha value is -1.29. The van der Waals surface area contributed by atoms with Crippen molar-refractivity contribution in [2.24, 2.45) is 5.41 Å². The first-order chi connectivity index (χ1) is 8.61. The van der Waals surface area contributed by atoms with E-state index in [-0.39, 0.29) is 5.41 Å². The number of hydrogen-bond donors (Lipinski definition) is 0. The van der Waals surface area contributed by atoms with E-state index in [1.54, 1.807) is 0 Å². The van der Waals surface area contributed by atoms with Gasteiger partial charge in [-0.25, -0.2) is 0 Å². The summed E-state index contributed by atoms with van der Waals surface area (Å²) >= 11 is 0. The lowest BCUT2D eigenvalue weighted by molar-refractivity contribution is 0.443. The molecule has 0 spiro atoms. The van der Waals surface area contributed by atoms with Gasteiger partial charge in [-0.1, -0.05) is 43.5 Å². The first-order valence-corrected chi connectivity index (χ1v) is 7.11. The zero-order valence-corrected chi connectivity index (χ0v) is 11.6. The van der Waals surface area contributed by atoms with Gasteiger partial charge in [-0.2, -0.15) is 5.26 Å². The molecule has 0 radical (unpaired) electrons. The molecule has 0 unspecified atom stereocenters. The Morgan fingerprint density at radius 3 is 2.28 bits per heavy atom. The molecule has 1 fully saturated rings. The highest BCUT2D eigenvalue weighted by molar-refractivity contribution is 5.27. The second kappa shape index (κ2) is 5.57. The van der Waals surface area contributed by atoms with Crippen molar-refractivity contribution in [3.05, 3.63) is 35.4 Å². The van der Waals surface area contributed by atoms with Crippen molar-refractivity contribution in [1.82, 2.24) is 0 Å². The Morgan fingerprint density at radius 1 is 1.11 bits per heavy atom. The Labute approximate surface area is 111 Å². The zero-order chi connectivity index (χ0) is 13.0. The van der Waals surface area contributed by atoms with Gasteiger partial charge in [-0.3, -0.25) is 0 Å². The molecular formula is C17H23N. The Balaban J connectivity index is 2.03. The smallest absolute Gasteiger partial charge is 0.0687 e. The zero-order valence-electron chi connectivity index (χ0n) is 11.6. The summed E-state index contributed by atoms with van der Waals surface area (Å²) in [7, 11) is 0. The maximum atomic E-state index is 9.06. The molecule has 0 N–H and O–H groups in total. The van der Waals surface area contributed by atoms with Crippen molar-refractivity contribution in [2.75, 3.05) is 0 Å². The summed E-state index contributed by atoms with van der Waals surface area (Å²) < 4.78 is 0. The van der Waals surface area contributed by atoms with Gasteiger partial charge in [0, 0.05) is 0 Å². The van der Waals surface area contributed by atoms with Crippen LogP contribution in [0, 0.1) is 16.7 Å². The van der Waals surface area contributed by atoms with E-state index < -0.39 is 0 Å². The Bertz CT molecular complexity index is 416. The fourth-order valence-electron chi connectivity index (χ4n) is 2.89. The van der Waals surface area contributed by atoms with E-state index in [2.05, 4.69) is 30.3 Å². The monoisotopic (exact) mass is 241 g/mol. The minimum absolute atomic E-state index is 0.258. The first-order valence-electron chi connectivity index (χ1n) is 7.11. The molecule has 1 saturated carbocycles. The van der Waals surface area contributed by atoms with Gasteiger partial charge in [0.2, 0.25) is 0 Å². The molecule has 1 nitrogen and oxygen atoms in total. The average Bonchev–Trinajstić information content (AvgIpc) is 2.40. The molecule has 0 saturated heterocycles. The molecule has 0 aliphatic heterocycles. The number of nitrogens with zero attached hydrogens (tertiary/aromatic N) is 1. The van der Waals surface area contributed by atoms with Crippen LogP contribution in [0.3, 0.4) is 0 Å². The fraction of sp³-hybridized carbons (Fsp3) is 0.588. The van der Waals surface area contributed by atoms with Crippen molar-refractivity contribution in [3.8, 4) is 6.07 Å². The van der Waals surface area contributed by atoms with Gasteiger partial charge in [-0.15, -0.1) is 0 Å². The van der Waals surface area contributed by atoms with Crippen molar-refractivity contribution < 1.29 is 0 Å². The average molecular weight is 241 g/mol. The topological polar surface area (TPSA) is 23.8 Å². The van der Waals surface area contributed by atoms with Crippen LogP contribution in [-0.4, -0.2) is 0 Å². The molecule has 1 aliphatic carbocycles. The fourth-order valence-corrected chi connectivity index (χ4v) is 2.89. The molecule has 0 heterocycles. The predicted molar refractivity (Wildman–Crippen MR) is 75.4 cm³/mol. The van der Waals surface area contributed by atoms with E-state index >= 15 is 0 Å². The second-order valence-corrected chi connectivity index (χ2v) is 6.25. The van der Waals surface area contributed by atoms with E-state index in [4.69, 9.17) is 5.26 Å². The molecule has 1 aromatic carbocycles. The number of nitriles is 1. The van der Waals surface area contributed by atoms with Crippen molar-refractivity contribution in [3.63, 3.8) is 0 Å². The SMILES string of the molecule is CC(C)(C#N)Cc1ccc(C2CCCCC2)cc1. The van der Waals surface area contributed by atoms with E-state index in [1.807, 2.05) is 13.8 Å². The van der Waals surface area contributed by atoms with Gasteiger partial charge in [0.05, 0.1) is 11.5 Å². The lowest BCUT2D eigenvalue weighted by atomic mass is 9.82. The van der Waals surface area contributed by atoms with E-state index in [0.717, 1.165) is 12.3 Å². The minimum atomic E-state index is -0.258. The lowest BCUT2D eigenvalue weighted by Gasteiger charge is -2.22. The molecule has 96 valence electrons. The highest BCUT2D eigenvalue weighted by Gasteiger charge is 2.18. The third-order valence-corrected chi connectivity index (χ3v) is 4.01.